The summed E-state index contributed by atoms with van der Waals surface area (Å²) >= 11 is 5.86. The van der Waals surface area contributed by atoms with E-state index in [1.54, 1.807) is 0 Å². The predicted molar refractivity (Wildman–Crippen MR) is 69.6 cm³/mol. The van der Waals surface area contributed by atoms with Crippen LogP contribution in [0.25, 0.3) is 0 Å². The lowest BCUT2D eigenvalue weighted by atomic mass is 10.0. The van der Waals surface area contributed by atoms with Crippen LogP contribution >= 0.6 is 11.6 Å². The number of halogens is 6. The first-order valence-corrected chi connectivity index (χ1v) is 6.78. The van der Waals surface area contributed by atoms with E-state index in [0.29, 0.717) is 26.2 Å². The van der Waals surface area contributed by atoms with E-state index < -0.39 is 24.2 Å². The Balaban J connectivity index is 2.39. The van der Waals surface area contributed by atoms with Crippen LogP contribution in [0.1, 0.15) is 17.2 Å². The Morgan fingerprint density at radius 1 is 1.14 bits per heavy atom. The maximum atomic E-state index is 13.4. The largest absolute Gasteiger partial charge is 0.416 e. The molecule has 1 fully saturated rings. The van der Waals surface area contributed by atoms with E-state index in [1.165, 1.54) is 4.90 Å². The minimum absolute atomic E-state index is 0.0770. The maximum Gasteiger partial charge on any atom is 0.416 e. The molecular formula is C13H14ClF5N2. The second-order valence-electron chi connectivity index (χ2n) is 4.80. The van der Waals surface area contributed by atoms with Crippen LogP contribution in [0.15, 0.2) is 18.2 Å². The van der Waals surface area contributed by atoms with Gasteiger partial charge in [-0.15, -0.1) is 0 Å². The average Bonchev–Trinajstić information content (AvgIpc) is 2.40. The third-order valence-electron chi connectivity index (χ3n) is 3.43. The molecule has 1 N–H and O–H groups in total. The molecule has 21 heavy (non-hydrogen) atoms. The van der Waals surface area contributed by atoms with E-state index in [0.717, 1.165) is 18.2 Å². The number of benzene rings is 1. The second-order valence-corrected chi connectivity index (χ2v) is 5.21. The van der Waals surface area contributed by atoms with Crippen molar-refractivity contribution in [2.75, 3.05) is 26.2 Å². The Kier molecular flexibility index (Phi) is 5.06. The van der Waals surface area contributed by atoms with Crippen molar-refractivity contribution >= 4 is 11.6 Å². The molecule has 0 aromatic heterocycles. The van der Waals surface area contributed by atoms with Crippen LogP contribution in [0.3, 0.4) is 0 Å². The van der Waals surface area contributed by atoms with Gasteiger partial charge in [0.2, 0.25) is 0 Å². The molecule has 118 valence electrons. The molecule has 0 aliphatic carbocycles. The van der Waals surface area contributed by atoms with Gasteiger partial charge in [0.25, 0.3) is 6.43 Å². The first-order valence-electron chi connectivity index (χ1n) is 6.40. The third kappa shape index (κ3) is 3.84. The Morgan fingerprint density at radius 3 is 2.29 bits per heavy atom. The van der Waals surface area contributed by atoms with Crippen molar-refractivity contribution in [3.8, 4) is 0 Å². The highest BCUT2D eigenvalue weighted by atomic mass is 35.5. The van der Waals surface area contributed by atoms with Crippen molar-refractivity contribution in [1.82, 2.24) is 10.2 Å². The van der Waals surface area contributed by atoms with Crippen LogP contribution in [-0.2, 0) is 6.18 Å². The molecule has 1 saturated heterocycles. The van der Waals surface area contributed by atoms with Gasteiger partial charge in [0.05, 0.1) is 11.6 Å². The fourth-order valence-electron chi connectivity index (χ4n) is 2.40. The number of piperazine rings is 1. The minimum Gasteiger partial charge on any atom is -0.314 e. The lowest BCUT2D eigenvalue weighted by Gasteiger charge is -2.35. The van der Waals surface area contributed by atoms with Crippen molar-refractivity contribution in [2.24, 2.45) is 0 Å². The van der Waals surface area contributed by atoms with Crippen molar-refractivity contribution in [1.29, 1.82) is 0 Å². The molecule has 0 bridgehead atoms. The number of alkyl halides is 5. The molecule has 0 radical (unpaired) electrons. The molecule has 1 aromatic carbocycles. The van der Waals surface area contributed by atoms with Crippen LogP contribution in [0.5, 0.6) is 0 Å². The van der Waals surface area contributed by atoms with Gasteiger partial charge in [-0.05, 0) is 23.8 Å². The summed E-state index contributed by atoms with van der Waals surface area (Å²) in [6.45, 7) is 1.70. The van der Waals surface area contributed by atoms with E-state index in [9.17, 15) is 22.0 Å². The molecule has 1 aliphatic rings. The molecule has 0 amide bonds. The van der Waals surface area contributed by atoms with E-state index in [4.69, 9.17) is 11.6 Å². The smallest absolute Gasteiger partial charge is 0.314 e. The van der Waals surface area contributed by atoms with E-state index in [-0.39, 0.29) is 10.6 Å². The summed E-state index contributed by atoms with van der Waals surface area (Å²) in [6.07, 6.45) is -7.40. The molecule has 0 unspecified atom stereocenters. The van der Waals surface area contributed by atoms with Crippen molar-refractivity contribution in [2.45, 2.75) is 18.6 Å². The number of nitrogens with zero attached hydrogens (tertiary/aromatic N) is 1. The average molecular weight is 329 g/mol. The van der Waals surface area contributed by atoms with Crippen molar-refractivity contribution < 1.29 is 22.0 Å². The van der Waals surface area contributed by atoms with Gasteiger partial charge in [-0.25, -0.2) is 8.78 Å². The monoisotopic (exact) mass is 328 g/mol. The van der Waals surface area contributed by atoms with Gasteiger partial charge in [-0.2, -0.15) is 13.2 Å². The van der Waals surface area contributed by atoms with Crippen LogP contribution < -0.4 is 5.32 Å². The van der Waals surface area contributed by atoms with E-state index in [2.05, 4.69) is 5.32 Å². The van der Waals surface area contributed by atoms with Crippen LogP contribution in [-0.4, -0.2) is 37.5 Å². The van der Waals surface area contributed by atoms with Crippen LogP contribution in [0.4, 0.5) is 22.0 Å². The molecule has 0 spiro atoms. The quantitative estimate of drug-likeness (QED) is 0.853. The first kappa shape index (κ1) is 16.5. The second kappa shape index (κ2) is 6.46. The molecule has 1 aromatic rings. The van der Waals surface area contributed by atoms with Gasteiger partial charge in [0.1, 0.15) is 0 Å². The Bertz CT molecular complexity index is 486. The Morgan fingerprint density at radius 2 is 1.76 bits per heavy atom. The molecule has 1 aliphatic heterocycles. The summed E-state index contributed by atoms with van der Waals surface area (Å²) in [5.41, 5.74) is -1.15. The molecule has 0 saturated carbocycles. The van der Waals surface area contributed by atoms with Crippen molar-refractivity contribution in [3.05, 3.63) is 34.3 Å². The molecular weight excluding hydrogens is 315 g/mol. The highest BCUT2D eigenvalue weighted by Gasteiger charge is 2.35. The zero-order chi connectivity index (χ0) is 15.6. The molecule has 8 heteroatoms. The Labute approximate surface area is 123 Å². The summed E-state index contributed by atoms with van der Waals surface area (Å²) in [4.78, 5) is 1.46. The van der Waals surface area contributed by atoms with Gasteiger partial charge >= 0.3 is 6.18 Å². The molecule has 2 nitrogen and oxygen atoms in total. The fraction of sp³-hybridized carbons (Fsp3) is 0.538. The zero-order valence-electron chi connectivity index (χ0n) is 10.9. The van der Waals surface area contributed by atoms with Gasteiger partial charge < -0.3 is 5.32 Å². The first-order chi connectivity index (χ1) is 9.80. The summed E-state index contributed by atoms with van der Waals surface area (Å²) in [6, 6.07) is 1.12. The molecule has 2 rings (SSSR count). The predicted octanol–water partition coefficient (Wildman–Crippen LogP) is 3.57. The highest BCUT2D eigenvalue weighted by molar-refractivity contribution is 6.31. The van der Waals surface area contributed by atoms with Crippen LogP contribution in [0.2, 0.25) is 5.02 Å². The van der Waals surface area contributed by atoms with Gasteiger partial charge in [0, 0.05) is 31.2 Å². The normalized spacial score (nSPS) is 19.0. The summed E-state index contributed by atoms with van der Waals surface area (Å²) < 4.78 is 65.0. The summed E-state index contributed by atoms with van der Waals surface area (Å²) in [7, 11) is 0. The van der Waals surface area contributed by atoms with Gasteiger partial charge in [-0.1, -0.05) is 11.6 Å². The maximum absolute atomic E-state index is 13.4. The SMILES string of the molecule is FC(F)[C@@H](c1cc(C(F)(F)F)ccc1Cl)N1CCNCC1. The number of hydrogen-bond acceptors (Lipinski definition) is 2. The third-order valence-corrected chi connectivity index (χ3v) is 3.77. The van der Waals surface area contributed by atoms with Crippen molar-refractivity contribution in [3.63, 3.8) is 0 Å². The minimum atomic E-state index is -4.59. The van der Waals surface area contributed by atoms with E-state index in [1.807, 2.05) is 0 Å². The topological polar surface area (TPSA) is 15.3 Å². The lowest BCUT2D eigenvalue weighted by molar-refractivity contribution is -0.137. The standard InChI is InChI=1S/C13H14ClF5N2/c14-10-2-1-8(13(17,18)19)7-9(10)11(12(15)16)21-5-3-20-4-6-21/h1-2,7,11-12,20H,3-6H2/t11-/m1/s1. The Hall–Kier alpha value is -0.920. The zero-order valence-corrected chi connectivity index (χ0v) is 11.7. The summed E-state index contributed by atoms with van der Waals surface area (Å²) in [5, 5.41) is 2.93. The highest BCUT2D eigenvalue weighted by Crippen LogP contribution is 2.37. The van der Waals surface area contributed by atoms with Gasteiger partial charge in [-0.3, -0.25) is 4.90 Å². The van der Waals surface area contributed by atoms with Crippen LogP contribution in [0, 0.1) is 0 Å². The lowest BCUT2D eigenvalue weighted by Crippen LogP contribution is -2.47. The molecule has 1 atom stereocenters. The summed E-state index contributed by atoms with van der Waals surface area (Å²) in [5.74, 6) is 0. The fourth-order valence-corrected chi connectivity index (χ4v) is 2.63. The van der Waals surface area contributed by atoms with E-state index >= 15 is 0 Å². The number of hydrogen-bond donors (Lipinski definition) is 1. The van der Waals surface area contributed by atoms with Gasteiger partial charge in [0.15, 0.2) is 0 Å². The number of rotatable bonds is 3. The number of nitrogens with one attached hydrogen (secondary N) is 1. The molecule has 1 heterocycles.